The van der Waals surface area contributed by atoms with E-state index in [2.05, 4.69) is 205 Å². The number of nitrogens with zero attached hydrogens (tertiary/aromatic N) is 2. The topological polar surface area (TPSA) is 7.65 Å². The van der Waals surface area contributed by atoms with Gasteiger partial charge in [-0.3, -0.25) is 0 Å². The monoisotopic (exact) mass is 640 g/mol. The van der Waals surface area contributed by atoms with Crippen molar-refractivity contribution in [1.29, 1.82) is 0 Å². The zero-order chi connectivity index (χ0) is 33.6. The predicted molar refractivity (Wildman–Crippen MR) is 213 cm³/mol. The molecule has 2 heterocycles. The predicted octanol–water partition coefficient (Wildman–Crippen LogP) is 13.3. The van der Waals surface area contributed by atoms with Gasteiger partial charge in [0.15, 0.2) is 0 Å². The molecule has 9 aromatic rings. The fourth-order valence-electron chi connectivity index (χ4n) is 7.80. The highest BCUT2D eigenvalue weighted by molar-refractivity contribution is 6.14. The second kappa shape index (κ2) is 12.3. The Bertz CT molecular complexity index is 2450. The average molecular weight is 641 g/mol. The van der Waals surface area contributed by atoms with Crippen LogP contribution in [0.1, 0.15) is 11.3 Å². The number of hydrogen-bond acceptors (Lipinski definition) is 1. The van der Waals surface area contributed by atoms with Gasteiger partial charge in [-0.25, -0.2) is 0 Å². The van der Waals surface area contributed by atoms with Crippen LogP contribution in [-0.4, -0.2) is 4.40 Å². The third kappa shape index (κ3) is 4.96. The lowest BCUT2D eigenvalue weighted by molar-refractivity contribution is 1.17. The Morgan fingerprint density at radius 1 is 0.360 bits per heavy atom. The van der Waals surface area contributed by atoms with Gasteiger partial charge in [-0.1, -0.05) is 140 Å². The Balaban J connectivity index is 1.16. The van der Waals surface area contributed by atoms with Gasteiger partial charge in [-0.05, 0) is 95.1 Å². The maximum absolute atomic E-state index is 2.46. The van der Waals surface area contributed by atoms with Gasteiger partial charge in [0.25, 0.3) is 0 Å². The molecular formula is C48H36N2. The molecule has 7 aromatic carbocycles. The third-order valence-electron chi connectivity index (χ3n) is 10.1. The van der Waals surface area contributed by atoms with E-state index in [1.807, 2.05) is 0 Å². The van der Waals surface area contributed by atoms with Gasteiger partial charge in [0.2, 0.25) is 0 Å². The largest absolute Gasteiger partial charge is 0.312 e. The fourth-order valence-corrected chi connectivity index (χ4v) is 7.80. The van der Waals surface area contributed by atoms with Crippen molar-refractivity contribution in [3.05, 3.63) is 193 Å². The highest BCUT2D eigenvalue weighted by atomic mass is 15.1. The van der Waals surface area contributed by atoms with E-state index in [1.165, 1.54) is 71.8 Å². The van der Waals surface area contributed by atoms with Gasteiger partial charge < -0.3 is 9.30 Å². The normalized spacial score (nSPS) is 11.4. The van der Waals surface area contributed by atoms with E-state index in [9.17, 15) is 0 Å². The lowest BCUT2D eigenvalue weighted by Gasteiger charge is -2.26. The number of aromatic nitrogens is 1. The summed E-state index contributed by atoms with van der Waals surface area (Å²) in [7, 11) is 0. The Hall–Kier alpha value is -6.38. The molecule has 238 valence electrons. The first-order valence-electron chi connectivity index (χ1n) is 17.3. The molecule has 0 aliphatic heterocycles. The molecule has 2 aromatic heterocycles. The molecule has 0 amide bonds. The molecule has 0 atom stereocenters. The van der Waals surface area contributed by atoms with Crippen LogP contribution in [0.4, 0.5) is 17.1 Å². The number of hydrogen-bond donors (Lipinski definition) is 0. The van der Waals surface area contributed by atoms with E-state index in [4.69, 9.17) is 0 Å². The molecule has 0 spiro atoms. The molecule has 0 N–H and O–H groups in total. The number of para-hydroxylation sites is 1. The summed E-state index contributed by atoms with van der Waals surface area (Å²) in [5.74, 6) is 0. The second-order valence-electron chi connectivity index (χ2n) is 13.0. The molecule has 2 nitrogen and oxygen atoms in total. The Labute approximate surface area is 293 Å². The number of rotatable bonds is 6. The number of pyridine rings is 1. The second-order valence-corrected chi connectivity index (χ2v) is 13.0. The quantitative estimate of drug-likeness (QED) is 0.164. The minimum atomic E-state index is 1.11. The zero-order valence-corrected chi connectivity index (χ0v) is 28.2. The van der Waals surface area contributed by atoms with Crippen LogP contribution in [0.15, 0.2) is 182 Å². The molecule has 0 saturated heterocycles. The van der Waals surface area contributed by atoms with E-state index in [1.54, 1.807) is 0 Å². The molecule has 0 bridgehead atoms. The Kier molecular flexibility index (Phi) is 7.29. The van der Waals surface area contributed by atoms with Crippen molar-refractivity contribution >= 4 is 44.3 Å². The fraction of sp³-hybridized carbons (Fsp3) is 0.0417. The standard InChI is InChI=1S/C48H36N2/c1-33-47(34(2)49-46-20-12-11-18-44(46)43-17-9-10-19-45(43)48(33)49)39-25-31-42(32-26-39)50(40-27-21-37(22-28-40)35-13-5-3-6-14-35)41-29-23-38(24-30-41)36-15-7-4-8-16-36/h3-32H,1-2H3. The molecule has 0 aliphatic carbocycles. The lowest BCUT2D eigenvalue weighted by Crippen LogP contribution is -2.09. The number of fused-ring (bicyclic) bond motifs is 6. The van der Waals surface area contributed by atoms with Crippen LogP contribution in [0.25, 0.3) is 60.6 Å². The van der Waals surface area contributed by atoms with Crippen LogP contribution in [0.2, 0.25) is 0 Å². The van der Waals surface area contributed by atoms with Crippen LogP contribution in [0.3, 0.4) is 0 Å². The van der Waals surface area contributed by atoms with Crippen molar-refractivity contribution in [1.82, 2.24) is 4.40 Å². The van der Waals surface area contributed by atoms with Crippen molar-refractivity contribution in [2.24, 2.45) is 0 Å². The summed E-state index contributed by atoms with van der Waals surface area (Å²) >= 11 is 0. The van der Waals surface area contributed by atoms with Crippen molar-refractivity contribution in [2.45, 2.75) is 13.8 Å². The van der Waals surface area contributed by atoms with Gasteiger partial charge in [0, 0.05) is 39.1 Å². The summed E-state index contributed by atoms with van der Waals surface area (Å²) < 4.78 is 2.46. The van der Waals surface area contributed by atoms with Crippen molar-refractivity contribution in [3.8, 4) is 33.4 Å². The third-order valence-corrected chi connectivity index (χ3v) is 10.1. The van der Waals surface area contributed by atoms with Gasteiger partial charge in [-0.2, -0.15) is 0 Å². The van der Waals surface area contributed by atoms with E-state index < -0.39 is 0 Å². The van der Waals surface area contributed by atoms with Crippen molar-refractivity contribution < 1.29 is 0 Å². The van der Waals surface area contributed by atoms with Crippen molar-refractivity contribution in [3.63, 3.8) is 0 Å². The van der Waals surface area contributed by atoms with Gasteiger partial charge in [0.05, 0.1) is 11.0 Å². The summed E-state index contributed by atoms with van der Waals surface area (Å²) in [6.07, 6.45) is 0. The lowest BCUT2D eigenvalue weighted by atomic mass is 9.99. The van der Waals surface area contributed by atoms with E-state index in [0.29, 0.717) is 0 Å². The zero-order valence-electron chi connectivity index (χ0n) is 28.2. The van der Waals surface area contributed by atoms with Crippen LogP contribution >= 0.6 is 0 Å². The summed E-state index contributed by atoms with van der Waals surface area (Å²) in [5, 5.41) is 3.87. The molecule has 0 saturated carbocycles. The summed E-state index contributed by atoms with van der Waals surface area (Å²) in [6.45, 7) is 4.54. The van der Waals surface area contributed by atoms with Crippen LogP contribution < -0.4 is 4.90 Å². The number of aryl methyl sites for hydroxylation is 2. The molecule has 0 unspecified atom stereocenters. The maximum atomic E-state index is 2.46. The van der Waals surface area contributed by atoms with Crippen LogP contribution in [0, 0.1) is 13.8 Å². The van der Waals surface area contributed by atoms with Gasteiger partial charge in [0.1, 0.15) is 0 Å². The molecule has 50 heavy (non-hydrogen) atoms. The molecule has 0 radical (unpaired) electrons. The minimum absolute atomic E-state index is 1.11. The van der Waals surface area contributed by atoms with Crippen LogP contribution in [0.5, 0.6) is 0 Å². The molecule has 0 aliphatic rings. The number of anilines is 3. The molecular weight excluding hydrogens is 605 g/mol. The SMILES string of the molecule is Cc1c(-c2ccc(N(c3ccc(-c4ccccc4)cc3)c3ccc(-c4ccccc4)cc3)cc2)c(C)n2c3ccccc3c3ccccc3c12. The first-order chi connectivity index (χ1) is 24.7. The molecule has 9 rings (SSSR count). The first-order valence-corrected chi connectivity index (χ1v) is 17.3. The maximum Gasteiger partial charge on any atom is 0.0573 e. The summed E-state index contributed by atoms with van der Waals surface area (Å²) in [4.78, 5) is 2.35. The minimum Gasteiger partial charge on any atom is -0.312 e. The highest BCUT2D eigenvalue weighted by Gasteiger charge is 2.20. The number of benzene rings is 7. The van der Waals surface area contributed by atoms with Crippen LogP contribution in [-0.2, 0) is 0 Å². The van der Waals surface area contributed by atoms with E-state index in [-0.39, 0.29) is 0 Å². The summed E-state index contributed by atoms with van der Waals surface area (Å²) in [6, 6.07) is 65.6. The van der Waals surface area contributed by atoms with E-state index in [0.717, 1.165) is 17.1 Å². The Morgan fingerprint density at radius 2 is 0.760 bits per heavy atom. The van der Waals surface area contributed by atoms with E-state index >= 15 is 0 Å². The highest BCUT2D eigenvalue weighted by Crippen LogP contribution is 2.42. The summed E-state index contributed by atoms with van der Waals surface area (Å²) in [5.41, 5.74) is 15.8. The first kappa shape index (κ1) is 29.7. The van der Waals surface area contributed by atoms with Crippen molar-refractivity contribution in [2.75, 3.05) is 4.90 Å². The van der Waals surface area contributed by atoms with Gasteiger partial charge in [-0.15, -0.1) is 0 Å². The molecule has 2 heteroatoms. The Morgan fingerprint density at radius 3 is 1.28 bits per heavy atom. The van der Waals surface area contributed by atoms with Gasteiger partial charge >= 0.3 is 0 Å². The molecule has 0 fully saturated rings. The average Bonchev–Trinajstić information content (AvgIpc) is 3.46. The smallest absolute Gasteiger partial charge is 0.0573 e.